The minimum Gasteiger partial charge on any atom is -0.309 e. The highest BCUT2D eigenvalue weighted by Crippen LogP contribution is 2.42. The summed E-state index contributed by atoms with van der Waals surface area (Å²) >= 11 is 0. The Labute approximate surface area is 331 Å². The molecule has 0 aliphatic rings. The summed E-state index contributed by atoms with van der Waals surface area (Å²) in [4.78, 5) is 9.16. The second kappa shape index (κ2) is 11.8. The molecule has 58 heavy (non-hydrogen) atoms. The Kier molecular flexibility index (Phi) is 6.35. The number of hydrogen-bond donors (Lipinski definition) is 0. The molecular weight excluding hydrogens is 709 g/mol. The Hall–Kier alpha value is -7.96. The maximum Gasteiger partial charge on any atom is 0.0571 e. The van der Waals surface area contributed by atoms with Gasteiger partial charge < -0.3 is 18.3 Å². The van der Waals surface area contributed by atoms with Crippen molar-refractivity contribution in [2.45, 2.75) is 0 Å². The van der Waals surface area contributed by atoms with Gasteiger partial charge in [0.25, 0.3) is 0 Å². The summed E-state index contributed by atoms with van der Waals surface area (Å²) < 4.78 is 9.56. The van der Waals surface area contributed by atoms with Crippen molar-refractivity contribution in [3.63, 3.8) is 0 Å². The zero-order valence-electron chi connectivity index (χ0n) is 31.2. The zero-order chi connectivity index (χ0) is 37.9. The van der Waals surface area contributed by atoms with Crippen molar-refractivity contribution in [3.05, 3.63) is 195 Å². The molecule has 6 aromatic heterocycles. The van der Waals surface area contributed by atoms with E-state index in [4.69, 9.17) is 0 Å². The molecule has 13 aromatic rings. The van der Waals surface area contributed by atoms with Crippen LogP contribution in [0.15, 0.2) is 195 Å². The van der Waals surface area contributed by atoms with Crippen LogP contribution in [0.1, 0.15) is 0 Å². The average Bonchev–Trinajstić information content (AvgIpc) is 4.00. The molecule has 0 unspecified atom stereocenters. The van der Waals surface area contributed by atoms with Gasteiger partial charge in [-0.2, -0.15) is 0 Å². The van der Waals surface area contributed by atoms with Gasteiger partial charge in [-0.25, -0.2) is 0 Å². The monoisotopic (exact) mass is 740 g/mol. The summed E-state index contributed by atoms with van der Waals surface area (Å²) in [6.45, 7) is 0. The SMILES string of the molecule is c1ccc(-n2c3ccncc3c3cc(-n4c5ccccc5c5cc6c7ccccc7n(-c7ccc8c(c7)c7cnccc7n8-c7ccccc7)c6cc54)ccc32)cc1. The lowest BCUT2D eigenvalue weighted by Gasteiger charge is -2.12. The fraction of sp³-hybridized carbons (Fsp3) is 0. The first-order valence-electron chi connectivity index (χ1n) is 19.6. The van der Waals surface area contributed by atoms with Gasteiger partial charge in [0.15, 0.2) is 0 Å². The van der Waals surface area contributed by atoms with Crippen molar-refractivity contribution >= 4 is 87.2 Å². The molecule has 0 bridgehead atoms. The van der Waals surface area contributed by atoms with E-state index in [1.807, 2.05) is 24.8 Å². The van der Waals surface area contributed by atoms with Gasteiger partial charge in [-0.05, 0) is 97.1 Å². The number of para-hydroxylation sites is 4. The molecule has 6 nitrogen and oxygen atoms in total. The quantitative estimate of drug-likeness (QED) is 0.180. The molecule has 0 saturated carbocycles. The Morgan fingerprint density at radius 1 is 0.241 bits per heavy atom. The van der Waals surface area contributed by atoms with E-state index in [-0.39, 0.29) is 0 Å². The number of benzene rings is 7. The second-order valence-electron chi connectivity index (χ2n) is 15.1. The van der Waals surface area contributed by atoms with Gasteiger partial charge in [0.2, 0.25) is 0 Å². The molecule has 13 rings (SSSR count). The van der Waals surface area contributed by atoms with Crippen LogP contribution in [-0.4, -0.2) is 28.2 Å². The van der Waals surface area contributed by atoms with Gasteiger partial charge >= 0.3 is 0 Å². The number of hydrogen-bond acceptors (Lipinski definition) is 2. The van der Waals surface area contributed by atoms with E-state index < -0.39 is 0 Å². The number of fused-ring (bicyclic) bond motifs is 12. The topological polar surface area (TPSA) is 45.5 Å². The van der Waals surface area contributed by atoms with Crippen LogP contribution >= 0.6 is 0 Å². The van der Waals surface area contributed by atoms with Crippen LogP contribution in [0.5, 0.6) is 0 Å². The third kappa shape index (κ3) is 4.26. The molecule has 270 valence electrons. The van der Waals surface area contributed by atoms with E-state index in [0.29, 0.717) is 0 Å². The average molecular weight is 741 g/mol. The van der Waals surface area contributed by atoms with E-state index in [0.717, 1.165) is 66.6 Å². The highest BCUT2D eigenvalue weighted by Gasteiger charge is 2.21. The molecule has 6 heteroatoms. The Morgan fingerprint density at radius 2 is 0.621 bits per heavy atom. The summed E-state index contributed by atoms with van der Waals surface area (Å²) in [5.74, 6) is 0. The van der Waals surface area contributed by atoms with E-state index in [9.17, 15) is 0 Å². The van der Waals surface area contributed by atoms with Crippen LogP contribution < -0.4 is 0 Å². The van der Waals surface area contributed by atoms with Crippen LogP contribution in [0.4, 0.5) is 0 Å². The number of pyridine rings is 2. The Bertz CT molecular complexity index is 3540. The molecule has 6 heterocycles. The van der Waals surface area contributed by atoms with Crippen molar-refractivity contribution in [1.82, 2.24) is 28.2 Å². The van der Waals surface area contributed by atoms with Crippen molar-refractivity contribution in [2.24, 2.45) is 0 Å². The highest BCUT2D eigenvalue weighted by molar-refractivity contribution is 6.20. The first kappa shape index (κ1) is 31.3. The van der Waals surface area contributed by atoms with Gasteiger partial charge in [0.1, 0.15) is 0 Å². The second-order valence-corrected chi connectivity index (χ2v) is 15.1. The molecule has 0 radical (unpaired) electrons. The molecule has 0 aliphatic heterocycles. The molecule has 0 spiro atoms. The summed E-state index contributed by atoms with van der Waals surface area (Å²) in [5.41, 5.74) is 13.7. The largest absolute Gasteiger partial charge is 0.309 e. The predicted octanol–water partition coefficient (Wildman–Crippen LogP) is 12.9. The summed E-state index contributed by atoms with van der Waals surface area (Å²) in [6, 6.07) is 61.6. The molecule has 0 atom stereocenters. The number of rotatable bonds is 4. The summed E-state index contributed by atoms with van der Waals surface area (Å²) in [5, 5.41) is 9.51. The summed E-state index contributed by atoms with van der Waals surface area (Å²) in [6.07, 6.45) is 7.77. The minimum atomic E-state index is 1.11. The lowest BCUT2D eigenvalue weighted by molar-refractivity contribution is 1.16. The van der Waals surface area contributed by atoms with Crippen LogP contribution in [-0.2, 0) is 0 Å². The normalized spacial score (nSPS) is 12.1. The van der Waals surface area contributed by atoms with E-state index in [1.54, 1.807) is 0 Å². The van der Waals surface area contributed by atoms with Crippen molar-refractivity contribution in [1.29, 1.82) is 0 Å². The number of nitrogens with zero attached hydrogens (tertiary/aromatic N) is 6. The highest BCUT2D eigenvalue weighted by atomic mass is 15.0. The minimum absolute atomic E-state index is 1.11. The van der Waals surface area contributed by atoms with Gasteiger partial charge in [0.05, 0.1) is 44.1 Å². The fourth-order valence-electron chi connectivity index (χ4n) is 9.68. The standard InChI is InChI=1S/C52H32N6/c1-3-11-33(12-4-1)55-47-21-19-35(27-39(47)43-31-53-25-23-49(43)55)57-45-17-9-7-15-37(45)41-29-42-38-16-8-10-18-46(38)58(52(42)30-51(41)57)36-20-22-48-40(28-36)44-32-54-26-24-50(44)56(48)34-13-5-2-6-14-34/h1-32H. The first-order chi connectivity index (χ1) is 28.8. The molecule has 0 fully saturated rings. The van der Waals surface area contributed by atoms with Crippen LogP contribution in [0.3, 0.4) is 0 Å². The maximum absolute atomic E-state index is 4.58. The molecule has 0 saturated heterocycles. The Morgan fingerprint density at radius 3 is 1.10 bits per heavy atom. The lowest BCUT2D eigenvalue weighted by Crippen LogP contribution is -1.97. The van der Waals surface area contributed by atoms with Crippen LogP contribution in [0, 0.1) is 0 Å². The third-order valence-electron chi connectivity index (χ3n) is 12.1. The summed E-state index contributed by atoms with van der Waals surface area (Å²) in [7, 11) is 0. The van der Waals surface area contributed by atoms with Gasteiger partial charge in [0, 0.05) is 90.6 Å². The van der Waals surface area contributed by atoms with Gasteiger partial charge in [-0.3, -0.25) is 9.97 Å². The van der Waals surface area contributed by atoms with Gasteiger partial charge in [-0.15, -0.1) is 0 Å². The molecule has 0 N–H and O–H groups in total. The predicted molar refractivity (Wildman–Crippen MR) is 239 cm³/mol. The van der Waals surface area contributed by atoms with E-state index in [2.05, 4.69) is 198 Å². The fourth-order valence-corrected chi connectivity index (χ4v) is 9.68. The Balaban J connectivity index is 1.09. The maximum atomic E-state index is 4.58. The molecule has 7 aromatic carbocycles. The lowest BCUT2D eigenvalue weighted by atomic mass is 10.1. The van der Waals surface area contributed by atoms with Crippen LogP contribution in [0.25, 0.3) is 110 Å². The molecule has 0 amide bonds. The van der Waals surface area contributed by atoms with Crippen molar-refractivity contribution in [3.8, 4) is 22.7 Å². The van der Waals surface area contributed by atoms with Crippen molar-refractivity contribution < 1.29 is 0 Å². The molecular formula is C52H32N6. The molecule has 0 aliphatic carbocycles. The van der Waals surface area contributed by atoms with E-state index >= 15 is 0 Å². The van der Waals surface area contributed by atoms with Crippen LogP contribution in [0.2, 0.25) is 0 Å². The van der Waals surface area contributed by atoms with E-state index in [1.165, 1.54) is 43.4 Å². The smallest absolute Gasteiger partial charge is 0.0571 e. The van der Waals surface area contributed by atoms with Crippen molar-refractivity contribution in [2.75, 3.05) is 0 Å². The zero-order valence-corrected chi connectivity index (χ0v) is 31.2. The number of aromatic nitrogens is 6. The third-order valence-corrected chi connectivity index (χ3v) is 12.1. The first-order valence-corrected chi connectivity index (χ1v) is 19.6. The van der Waals surface area contributed by atoms with Gasteiger partial charge in [-0.1, -0.05) is 72.8 Å².